The van der Waals surface area contributed by atoms with E-state index in [-0.39, 0.29) is 17.6 Å². The molecule has 1 aliphatic rings. The lowest BCUT2D eigenvalue weighted by molar-refractivity contribution is -0.117. The second kappa shape index (κ2) is 7.65. The number of imidazole rings is 1. The van der Waals surface area contributed by atoms with E-state index in [1.165, 1.54) is 11.6 Å². The van der Waals surface area contributed by atoms with E-state index in [9.17, 15) is 9.18 Å². The average Bonchev–Trinajstić information content (AvgIpc) is 3.32. The van der Waals surface area contributed by atoms with Crippen LogP contribution in [0, 0.1) is 19.7 Å². The predicted molar refractivity (Wildman–Crippen MR) is 121 cm³/mol. The highest BCUT2D eigenvalue weighted by molar-refractivity contribution is 5.97. The lowest BCUT2D eigenvalue weighted by atomic mass is 10.1. The molecule has 0 unspecified atom stereocenters. The molecule has 0 radical (unpaired) electrons. The predicted octanol–water partition coefficient (Wildman–Crippen LogP) is 5.36. The number of aromatic nitrogens is 2. The first-order valence-corrected chi connectivity index (χ1v) is 10.6. The number of amides is 1. The van der Waals surface area contributed by atoms with Crippen molar-refractivity contribution in [2.24, 2.45) is 0 Å². The highest BCUT2D eigenvalue weighted by Crippen LogP contribution is 2.35. The highest BCUT2D eigenvalue weighted by Gasteiger charge is 2.35. The number of carbonyl (C=O) groups is 1. The molecule has 156 valence electrons. The Hall–Kier alpha value is -3.47. The monoisotopic (exact) mass is 413 g/mol. The van der Waals surface area contributed by atoms with E-state index >= 15 is 0 Å². The second-order valence-corrected chi connectivity index (χ2v) is 8.26. The van der Waals surface area contributed by atoms with Crippen LogP contribution in [0.25, 0.3) is 11.0 Å². The van der Waals surface area contributed by atoms with Gasteiger partial charge in [0.1, 0.15) is 11.6 Å². The highest BCUT2D eigenvalue weighted by atomic mass is 19.1. The average molecular weight is 413 g/mol. The number of benzene rings is 3. The van der Waals surface area contributed by atoms with Crippen molar-refractivity contribution in [3.63, 3.8) is 0 Å². The van der Waals surface area contributed by atoms with Crippen LogP contribution < -0.4 is 4.90 Å². The first kappa shape index (κ1) is 19.5. The van der Waals surface area contributed by atoms with Gasteiger partial charge in [0.25, 0.3) is 0 Å². The first-order valence-electron chi connectivity index (χ1n) is 10.6. The molecule has 1 saturated heterocycles. The van der Waals surface area contributed by atoms with Crippen molar-refractivity contribution < 1.29 is 9.18 Å². The maximum atomic E-state index is 14.4. The minimum Gasteiger partial charge on any atom is -0.323 e. The van der Waals surface area contributed by atoms with E-state index in [1.54, 1.807) is 12.1 Å². The Labute approximate surface area is 181 Å². The van der Waals surface area contributed by atoms with Crippen LogP contribution in [0.1, 0.15) is 34.9 Å². The molecule has 0 N–H and O–H groups in total. The fraction of sp³-hybridized carbons (Fsp3) is 0.231. The summed E-state index contributed by atoms with van der Waals surface area (Å²) in [7, 11) is 0. The zero-order chi connectivity index (χ0) is 21.5. The summed E-state index contributed by atoms with van der Waals surface area (Å²) in [6, 6.07) is 20.8. The summed E-state index contributed by atoms with van der Waals surface area (Å²) in [5.41, 5.74) is 5.69. The summed E-state index contributed by atoms with van der Waals surface area (Å²) in [5, 5.41) is 0. The van der Waals surface area contributed by atoms with E-state index in [4.69, 9.17) is 4.98 Å². The summed E-state index contributed by atoms with van der Waals surface area (Å²) in [6.45, 7) is 5.07. The molecule has 4 aromatic rings. The van der Waals surface area contributed by atoms with Crippen molar-refractivity contribution >= 4 is 22.6 Å². The van der Waals surface area contributed by atoms with E-state index in [0.717, 1.165) is 28.1 Å². The Morgan fingerprint density at radius 3 is 2.61 bits per heavy atom. The van der Waals surface area contributed by atoms with Crippen molar-refractivity contribution in [3.8, 4) is 0 Å². The number of aryl methyl sites for hydroxylation is 1. The molecule has 1 atom stereocenters. The van der Waals surface area contributed by atoms with Crippen LogP contribution in [0.2, 0.25) is 0 Å². The molecular formula is C26H24FN3O. The number of hydrogen-bond acceptors (Lipinski definition) is 2. The maximum Gasteiger partial charge on any atom is 0.227 e. The van der Waals surface area contributed by atoms with Crippen molar-refractivity contribution in [2.45, 2.75) is 32.7 Å². The van der Waals surface area contributed by atoms with Crippen LogP contribution in [-0.4, -0.2) is 22.0 Å². The van der Waals surface area contributed by atoms with Crippen LogP contribution >= 0.6 is 0 Å². The van der Waals surface area contributed by atoms with Crippen LogP contribution in [0.5, 0.6) is 0 Å². The van der Waals surface area contributed by atoms with Gasteiger partial charge < -0.3 is 9.47 Å². The van der Waals surface area contributed by atoms with Crippen LogP contribution in [-0.2, 0) is 11.3 Å². The molecule has 1 aliphatic heterocycles. The molecule has 0 aliphatic carbocycles. The molecule has 2 heterocycles. The Bertz CT molecular complexity index is 1290. The van der Waals surface area contributed by atoms with E-state index < -0.39 is 0 Å². The van der Waals surface area contributed by atoms with Gasteiger partial charge in [-0.05, 0) is 49.2 Å². The lowest BCUT2D eigenvalue weighted by Crippen LogP contribution is -2.25. The van der Waals surface area contributed by atoms with Gasteiger partial charge >= 0.3 is 0 Å². The van der Waals surface area contributed by atoms with E-state index in [2.05, 4.69) is 24.5 Å². The SMILES string of the molecule is Cc1cccc(N2C[C@H](c3nc4ccccc4n3Cc3ccccc3F)CC2=O)c1C. The zero-order valence-electron chi connectivity index (χ0n) is 17.7. The van der Waals surface area contributed by atoms with Crippen molar-refractivity contribution in [2.75, 3.05) is 11.4 Å². The summed E-state index contributed by atoms with van der Waals surface area (Å²) >= 11 is 0. The minimum absolute atomic E-state index is 0.0495. The van der Waals surface area contributed by atoms with E-state index in [1.807, 2.05) is 47.4 Å². The molecule has 4 nitrogen and oxygen atoms in total. The Morgan fingerprint density at radius 1 is 1.00 bits per heavy atom. The van der Waals surface area contributed by atoms with Gasteiger partial charge in [0.05, 0.1) is 17.6 Å². The summed E-state index contributed by atoms with van der Waals surface area (Å²) in [5.74, 6) is 0.658. The van der Waals surface area contributed by atoms with Crippen LogP contribution in [0.3, 0.4) is 0 Å². The molecular weight excluding hydrogens is 389 g/mol. The molecule has 5 rings (SSSR count). The third-order valence-corrected chi connectivity index (χ3v) is 6.33. The number of rotatable bonds is 4. The number of anilines is 1. The second-order valence-electron chi connectivity index (χ2n) is 8.26. The number of halogens is 1. The van der Waals surface area contributed by atoms with Crippen molar-refractivity contribution in [1.82, 2.24) is 9.55 Å². The van der Waals surface area contributed by atoms with Crippen molar-refractivity contribution in [3.05, 3.63) is 95.1 Å². The van der Waals surface area contributed by atoms with Gasteiger partial charge in [-0.3, -0.25) is 4.79 Å². The quantitative estimate of drug-likeness (QED) is 0.452. The molecule has 1 fully saturated rings. The third-order valence-electron chi connectivity index (χ3n) is 6.33. The topological polar surface area (TPSA) is 38.1 Å². The molecule has 31 heavy (non-hydrogen) atoms. The summed E-state index contributed by atoms with van der Waals surface area (Å²) in [6.07, 6.45) is 0.397. The largest absolute Gasteiger partial charge is 0.323 e. The fourth-order valence-electron chi connectivity index (χ4n) is 4.51. The number of carbonyl (C=O) groups excluding carboxylic acids is 1. The molecule has 0 saturated carbocycles. The van der Waals surface area contributed by atoms with Crippen LogP contribution in [0.15, 0.2) is 66.7 Å². The van der Waals surface area contributed by atoms with Gasteiger partial charge in [0.15, 0.2) is 0 Å². The standard InChI is InChI=1S/C26H24FN3O/c1-17-8-7-13-23(18(17)2)29-16-20(14-25(29)31)26-28-22-11-5-6-12-24(22)30(26)15-19-9-3-4-10-21(19)27/h3-13,20H,14-16H2,1-2H3/t20-/m1/s1. The van der Waals surface area contributed by atoms with E-state index in [0.29, 0.717) is 25.1 Å². The van der Waals surface area contributed by atoms with Gasteiger partial charge in [0.2, 0.25) is 5.91 Å². The molecule has 0 spiro atoms. The fourth-order valence-corrected chi connectivity index (χ4v) is 4.51. The number of para-hydroxylation sites is 2. The number of nitrogens with zero attached hydrogens (tertiary/aromatic N) is 3. The smallest absolute Gasteiger partial charge is 0.227 e. The summed E-state index contributed by atoms with van der Waals surface area (Å²) in [4.78, 5) is 19.7. The Morgan fingerprint density at radius 2 is 1.77 bits per heavy atom. The molecule has 1 amide bonds. The minimum atomic E-state index is -0.231. The van der Waals surface area contributed by atoms with Crippen molar-refractivity contribution in [1.29, 1.82) is 0 Å². The normalized spacial score (nSPS) is 16.4. The molecule has 3 aromatic carbocycles. The molecule has 0 bridgehead atoms. The maximum absolute atomic E-state index is 14.4. The lowest BCUT2D eigenvalue weighted by Gasteiger charge is -2.20. The van der Waals surface area contributed by atoms with Gasteiger partial charge in [-0.25, -0.2) is 9.37 Å². The zero-order valence-corrected chi connectivity index (χ0v) is 17.7. The van der Waals surface area contributed by atoms with Gasteiger partial charge in [-0.1, -0.05) is 42.5 Å². The molecule has 1 aromatic heterocycles. The van der Waals surface area contributed by atoms with Crippen LogP contribution in [0.4, 0.5) is 10.1 Å². The number of hydrogen-bond donors (Lipinski definition) is 0. The van der Waals surface area contributed by atoms with Gasteiger partial charge in [0, 0.05) is 30.1 Å². The Balaban J connectivity index is 1.55. The van der Waals surface area contributed by atoms with Gasteiger partial charge in [-0.2, -0.15) is 0 Å². The third kappa shape index (κ3) is 3.40. The summed E-state index contributed by atoms with van der Waals surface area (Å²) < 4.78 is 16.5. The first-order chi connectivity index (χ1) is 15.0. The Kier molecular flexibility index (Phi) is 4.81. The molecule has 5 heteroatoms. The van der Waals surface area contributed by atoms with Gasteiger partial charge in [-0.15, -0.1) is 0 Å². The number of fused-ring (bicyclic) bond motifs is 1.